The van der Waals surface area contributed by atoms with Crippen molar-refractivity contribution in [1.29, 1.82) is 0 Å². The van der Waals surface area contributed by atoms with Crippen molar-refractivity contribution < 1.29 is 14.3 Å². The van der Waals surface area contributed by atoms with Gasteiger partial charge in [-0.1, -0.05) is 24.3 Å². The average Bonchev–Trinajstić information content (AvgIpc) is 3.12. The molecule has 0 aliphatic rings. The zero-order chi connectivity index (χ0) is 16.9. The second-order valence-corrected chi connectivity index (χ2v) is 5.25. The number of aliphatic hydroxyl groups is 1. The number of carbonyl (C=O) groups excluding carboxylic acids is 1. The summed E-state index contributed by atoms with van der Waals surface area (Å²) in [7, 11) is 0. The maximum absolute atomic E-state index is 13.3. The molecule has 0 bridgehead atoms. The van der Waals surface area contributed by atoms with Crippen molar-refractivity contribution in [2.75, 3.05) is 0 Å². The minimum atomic E-state index is -0.464. The molecule has 0 spiro atoms. The second-order valence-electron chi connectivity index (χ2n) is 5.25. The third-order valence-corrected chi connectivity index (χ3v) is 3.58. The molecule has 0 fully saturated rings. The molecule has 2 aromatic carbocycles. The number of para-hydroxylation sites is 1. The van der Waals surface area contributed by atoms with Crippen LogP contribution in [0, 0.1) is 5.82 Å². The number of hydrogen-bond donors (Lipinski definition) is 2. The largest absolute Gasteiger partial charge is 0.392 e. The number of aromatic nitrogens is 2. The van der Waals surface area contributed by atoms with Crippen LogP contribution in [0.5, 0.6) is 0 Å². The van der Waals surface area contributed by atoms with Crippen molar-refractivity contribution in [2.45, 2.75) is 13.2 Å². The van der Waals surface area contributed by atoms with E-state index in [1.54, 1.807) is 23.0 Å². The lowest BCUT2D eigenvalue weighted by atomic mass is 10.1. The van der Waals surface area contributed by atoms with Gasteiger partial charge in [-0.3, -0.25) is 4.79 Å². The van der Waals surface area contributed by atoms with Crippen molar-refractivity contribution in [2.24, 2.45) is 0 Å². The molecule has 122 valence electrons. The summed E-state index contributed by atoms with van der Waals surface area (Å²) in [5.74, 6) is -0.784. The fraction of sp³-hybridized carbons (Fsp3) is 0.111. The fourth-order valence-corrected chi connectivity index (χ4v) is 2.30. The molecule has 3 rings (SSSR count). The molecule has 1 heterocycles. The number of benzene rings is 2. The van der Waals surface area contributed by atoms with Crippen LogP contribution in [0.25, 0.3) is 5.69 Å². The number of hydrogen-bond acceptors (Lipinski definition) is 3. The van der Waals surface area contributed by atoms with E-state index in [0.29, 0.717) is 11.3 Å². The maximum atomic E-state index is 13.3. The first-order valence-corrected chi connectivity index (χ1v) is 7.45. The summed E-state index contributed by atoms with van der Waals surface area (Å²) in [6.07, 6.45) is 1.71. The van der Waals surface area contributed by atoms with Crippen LogP contribution in [0.2, 0.25) is 0 Å². The molecule has 6 heteroatoms. The molecule has 1 aromatic heterocycles. The minimum absolute atomic E-state index is 0.204. The Kier molecular flexibility index (Phi) is 4.67. The number of carbonyl (C=O) groups is 1. The highest BCUT2D eigenvalue weighted by Crippen LogP contribution is 2.11. The molecule has 2 N–H and O–H groups in total. The van der Waals surface area contributed by atoms with Gasteiger partial charge in [0.25, 0.3) is 5.91 Å². The van der Waals surface area contributed by atoms with Gasteiger partial charge in [0.15, 0.2) is 5.69 Å². The second kappa shape index (κ2) is 7.06. The lowest BCUT2D eigenvalue weighted by Crippen LogP contribution is -2.23. The van der Waals surface area contributed by atoms with Crippen LogP contribution >= 0.6 is 0 Å². The Hall–Kier alpha value is -2.99. The van der Waals surface area contributed by atoms with Gasteiger partial charge >= 0.3 is 0 Å². The van der Waals surface area contributed by atoms with Crippen LogP contribution in [0.3, 0.4) is 0 Å². The number of halogens is 1. The SMILES string of the molecule is O=C(NCc1ccc(F)c(CO)c1)c1ccn(-c2ccccc2)n1. The molecule has 1 amide bonds. The van der Waals surface area contributed by atoms with Gasteiger partial charge in [0.1, 0.15) is 5.82 Å². The molecule has 0 saturated heterocycles. The summed E-state index contributed by atoms with van der Waals surface area (Å²) in [5, 5.41) is 16.0. The first kappa shape index (κ1) is 15.9. The third kappa shape index (κ3) is 3.49. The molecule has 0 saturated carbocycles. The molecule has 0 aliphatic carbocycles. The fourth-order valence-electron chi connectivity index (χ4n) is 2.30. The Morgan fingerprint density at radius 3 is 2.71 bits per heavy atom. The standard InChI is InChI=1S/C18H16FN3O2/c19-16-7-6-13(10-14(16)12-23)11-20-18(24)17-8-9-22(21-17)15-4-2-1-3-5-15/h1-10,23H,11-12H2,(H,20,24). The van der Waals surface area contributed by atoms with E-state index in [9.17, 15) is 9.18 Å². The molecule has 24 heavy (non-hydrogen) atoms. The van der Waals surface area contributed by atoms with Gasteiger partial charge in [-0.05, 0) is 35.9 Å². The van der Waals surface area contributed by atoms with Crippen molar-refractivity contribution in [1.82, 2.24) is 15.1 Å². The van der Waals surface area contributed by atoms with E-state index in [4.69, 9.17) is 5.11 Å². The van der Waals surface area contributed by atoms with Crippen molar-refractivity contribution in [3.8, 4) is 5.69 Å². The lowest BCUT2D eigenvalue weighted by Gasteiger charge is -2.06. The van der Waals surface area contributed by atoms with Gasteiger partial charge in [0.05, 0.1) is 12.3 Å². The van der Waals surface area contributed by atoms with E-state index in [1.165, 1.54) is 12.1 Å². The normalized spacial score (nSPS) is 10.6. The van der Waals surface area contributed by atoms with Gasteiger partial charge in [-0.25, -0.2) is 9.07 Å². The Balaban J connectivity index is 1.67. The molecular formula is C18H16FN3O2. The third-order valence-electron chi connectivity index (χ3n) is 3.58. The first-order chi connectivity index (χ1) is 11.7. The van der Waals surface area contributed by atoms with Gasteiger partial charge in [-0.15, -0.1) is 0 Å². The summed E-state index contributed by atoms with van der Waals surface area (Å²) >= 11 is 0. The molecule has 5 nitrogen and oxygen atoms in total. The number of aliphatic hydroxyl groups excluding tert-OH is 1. The predicted molar refractivity (Wildman–Crippen MR) is 87.1 cm³/mol. The number of nitrogens with zero attached hydrogens (tertiary/aromatic N) is 2. The average molecular weight is 325 g/mol. The van der Waals surface area contributed by atoms with Crippen LogP contribution in [0.1, 0.15) is 21.6 Å². The predicted octanol–water partition coefficient (Wildman–Crippen LogP) is 2.43. The molecule has 0 radical (unpaired) electrons. The Morgan fingerprint density at radius 1 is 1.17 bits per heavy atom. The van der Waals surface area contributed by atoms with Crippen LogP contribution in [0.15, 0.2) is 60.8 Å². The lowest BCUT2D eigenvalue weighted by molar-refractivity contribution is 0.0945. The summed E-state index contributed by atoms with van der Waals surface area (Å²) < 4.78 is 15.0. The van der Waals surface area contributed by atoms with E-state index in [1.807, 2.05) is 30.3 Å². The van der Waals surface area contributed by atoms with E-state index >= 15 is 0 Å². The zero-order valence-corrected chi connectivity index (χ0v) is 12.8. The quantitative estimate of drug-likeness (QED) is 0.757. The molecule has 0 unspecified atom stereocenters. The van der Waals surface area contributed by atoms with Gasteiger partial charge in [-0.2, -0.15) is 5.10 Å². The maximum Gasteiger partial charge on any atom is 0.272 e. The summed E-state index contributed by atoms with van der Waals surface area (Å²) in [4.78, 5) is 12.2. The highest BCUT2D eigenvalue weighted by molar-refractivity contribution is 5.92. The molecule has 0 aliphatic heterocycles. The zero-order valence-electron chi connectivity index (χ0n) is 12.8. The van der Waals surface area contributed by atoms with Crippen molar-refractivity contribution >= 4 is 5.91 Å². The van der Waals surface area contributed by atoms with E-state index in [-0.39, 0.29) is 24.6 Å². The van der Waals surface area contributed by atoms with Gasteiger partial charge in [0.2, 0.25) is 0 Å². The van der Waals surface area contributed by atoms with Gasteiger partial charge < -0.3 is 10.4 Å². The smallest absolute Gasteiger partial charge is 0.272 e. The van der Waals surface area contributed by atoms with Crippen LogP contribution in [-0.4, -0.2) is 20.8 Å². The molecule has 0 atom stereocenters. The van der Waals surface area contributed by atoms with E-state index in [2.05, 4.69) is 10.4 Å². The molecule has 3 aromatic rings. The Bertz CT molecular complexity index is 846. The van der Waals surface area contributed by atoms with Crippen LogP contribution in [-0.2, 0) is 13.2 Å². The highest BCUT2D eigenvalue weighted by Gasteiger charge is 2.10. The molecular weight excluding hydrogens is 309 g/mol. The Morgan fingerprint density at radius 2 is 1.96 bits per heavy atom. The monoisotopic (exact) mass is 325 g/mol. The summed E-state index contributed by atoms with van der Waals surface area (Å²) in [5.41, 5.74) is 2.07. The topological polar surface area (TPSA) is 67.2 Å². The van der Waals surface area contributed by atoms with Gasteiger partial charge in [0, 0.05) is 18.3 Å². The van der Waals surface area contributed by atoms with E-state index < -0.39 is 5.82 Å². The van der Waals surface area contributed by atoms with Crippen LogP contribution < -0.4 is 5.32 Å². The first-order valence-electron chi connectivity index (χ1n) is 7.45. The Labute approximate surface area is 138 Å². The summed E-state index contributed by atoms with van der Waals surface area (Å²) in [6.45, 7) is -0.153. The summed E-state index contributed by atoms with van der Waals surface area (Å²) in [6, 6.07) is 15.5. The minimum Gasteiger partial charge on any atom is -0.392 e. The number of rotatable bonds is 5. The number of amides is 1. The number of nitrogens with one attached hydrogen (secondary N) is 1. The van der Waals surface area contributed by atoms with Crippen molar-refractivity contribution in [3.63, 3.8) is 0 Å². The van der Waals surface area contributed by atoms with Crippen molar-refractivity contribution in [3.05, 3.63) is 83.4 Å². The highest BCUT2D eigenvalue weighted by atomic mass is 19.1. The van der Waals surface area contributed by atoms with Crippen LogP contribution in [0.4, 0.5) is 4.39 Å². The van der Waals surface area contributed by atoms with E-state index in [0.717, 1.165) is 5.69 Å².